The van der Waals surface area contributed by atoms with Gasteiger partial charge in [-0.1, -0.05) is 20.8 Å². The molecule has 1 aliphatic rings. The van der Waals surface area contributed by atoms with Crippen molar-refractivity contribution in [3.8, 4) is 0 Å². The zero-order valence-electron chi connectivity index (χ0n) is 13.9. The Bertz CT molecular complexity index is 520. The van der Waals surface area contributed by atoms with Gasteiger partial charge in [-0.05, 0) is 37.1 Å². The van der Waals surface area contributed by atoms with Crippen LogP contribution in [0.4, 0.5) is 10.5 Å². The van der Waals surface area contributed by atoms with Crippen molar-refractivity contribution < 1.29 is 9.53 Å². The number of anilines is 1. The summed E-state index contributed by atoms with van der Waals surface area (Å²) in [4.78, 5) is 13.2. The highest BCUT2D eigenvalue weighted by Crippen LogP contribution is 2.33. The van der Waals surface area contributed by atoms with Crippen LogP contribution in [-0.2, 0) is 4.74 Å². The van der Waals surface area contributed by atoms with Crippen LogP contribution < -0.4 is 10.6 Å². The number of ether oxygens (including phenoxy) is 1. The molecule has 5 heteroatoms. The number of nitrogens with one attached hydrogen (secondary N) is 2. The molecule has 122 valence electrons. The van der Waals surface area contributed by atoms with E-state index in [1.165, 1.54) is 4.90 Å². The summed E-state index contributed by atoms with van der Waals surface area (Å²) in [6, 6.07) is 6.01. The van der Waals surface area contributed by atoms with Crippen LogP contribution in [0.3, 0.4) is 0 Å². The monoisotopic (exact) mass is 322 g/mol. The lowest BCUT2D eigenvalue weighted by molar-refractivity contribution is 0.185. The van der Waals surface area contributed by atoms with Crippen molar-refractivity contribution in [1.82, 2.24) is 5.32 Å². The van der Waals surface area contributed by atoms with E-state index >= 15 is 0 Å². The first kappa shape index (κ1) is 17.2. The minimum absolute atomic E-state index is 0.147. The Labute approximate surface area is 137 Å². The van der Waals surface area contributed by atoms with Crippen molar-refractivity contribution in [2.75, 3.05) is 25.1 Å². The maximum Gasteiger partial charge on any atom is 0.319 e. The van der Waals surface area contributed by atoms with Crippen LogP contribution >= 0.6 is 11.8 Å². The van der Waals surface area contributed by atoms with E-state index in [0.717, 1.165) is 30.9 Å². The number of hydrogen-bond donors (Lipinski definition) is 2. The van der Waals surface area contributed by atoms with Crippen LogP contribution in [0.15, 0.2) is 23.1 Å². The summed E-state index contributed by atoms with van der Waals surface area (Å²) in [6.45, 7) is 10.8. The molecule has 22 heavy (non-hydrogen) atoms. The second-order valence-electron chi connectivity index (χ2n) is 6.76. The summed E-state index contributed by atoms with van der Waals surface area (Å²) in [5.74, 6) is 0.442. The number of rotatable bonds is 4. The molecule has 1 aromatic carbocycles. The van der Waals surface area contributed by atoms with Crippen molar-refractivity contribution >= 4 is 23.5 Å². The van der Waals surface area contributed by atoms with Crippen molar-refractivity contribution in [2.45, 2.75) is 43.8 Å². The van der Waals surface area contributed by atoms with E-state index in [0.29, 0.717) is 12.5 Å². The van der Waals surface area contributed by atoms with Gasteiger partial charge in [0.25, 0.3) is 0 Å². The molecule has 0 aliphatic carbocycles. The van der Waals surface area contributed by atoms with Gasteiger partial charge in [-0.3, -0.25) is 0 Å². The SMILES string of the molecule is Cc1cc(SC(C)(C)C)ccc1NC(=O)NC[C@H]1CCOC1. The third kappa shape index (κ3) is 5.54. The number of thioether (sulfide) groups is 1. The van der Waals surface area contributed by atoms with Gasteiger partial charge in [0.2, 0.25) is 0 Å². The molecule has 1 aromatic rings. The van der Waals surface area contributed by atoms with E-state index in [4.69, 9.17) is 4.74 Å². The molecular weight excluding hydrogens is 296 g/mol. The number of amides is 2. The second kappa shape index (κ2) is 7.38. The van der Waals surface area contributed by atoms with Gasteiger partial charge in [0.1, 0.15) is 0 Å². The van der Waals surface area contributed by atoms with Crippen LogP contribution in [0.5, 0.6) is 0 Å². The van der Waals surface area contributed by atoms with E-state index in [1.54, 1.807) is 0 Å². The zero-order valence-corrected chi connectivity index (χ0v) is 14.7. The van der Waals surface area contributed by atoms with Gasteiger partial charge in [-0.25, -0.2) is 4.79 Å². The van der Waals surface area contributed by atoms with Crippen molar-refractivity contribution in [2.24, 2.45) is 5.92 Å². The quantitative estimate of drug-likeness (QED) is 0.822. The van der Waals surface area contributed by atoms with Crippen LogP contribution in [0.2, 0.25) is 0 Å². The molecule has 2 amide bonds. The first-order valence-electron chi connectivity index (χ1n) is 7.76. The number of hydrogen-bond acceptors (Lipinski definition) is 3. The number of carbonyl (C=O) groups excluding carboxylic acids is 1. The lowest BCUT2D eigenvalue weighted by Gasteiger charge is -2.18. The van der Waals surface area contributed by atoms with Gasteiger partial charge in [0, 0.05) is 34.4 Å². The predicted octanol–water partition coefficient (Wildman–Crippen LogP) is 4.04. The fraction of sp³-hybridized carbons (Fsp3) is 0.588. The normalized spacial score (nSPS) is 18.3. The summed E-state index contributed by atoms with van der Waals surface area (Å²) in [5, 5.41) is 5.84. The Morgan fingerprint density at radius 2 is 2.18 bits per heavy atom. The summed E-state index contributed by atoms with van der Waals surface area (Å²) >= 11 is 1.83. The van der Waals surface area contributed by atoms with E-state index in [2.05, 4.69) is 43.5 Å². The molecule has 1 fully saturated rings. The average Bonchev–Trinajstić information content (AvgIpc) is 2.91. The van der Waals surface area contributed by atoms with Crippen molar-refractivity contribution in [3.63, 3.8) is 0 Å². The Morgan fingerprint density at radius 1 is 1.41 bits per heavy atom. The van der Waals surface area contributed by atoms with E-state index in [9.17, 15) is 4.79 Å². The summed E-state index contributed by atoms with van der Waals surface area (Å²) in [6.07, 6.45) is 1.03. The third-order valence-electron chi connectivity index (χ3n) is 3.45. The van der Waals surface area contributed by atoms with Gasteiger partial charge in [-0.2, -0.15) is 0 Å². The van der Waals surface area contributed by atoms with Gasteiger partial charge in [0.05, 0.1) is 6.61 Å². The van der Waals surface area contributed by atoms with Crippen molar-refractivity contribution in [1.29, 1.82) is 0 Å². The molecule has 1 saturated heterocycles. The summed E-state index contributed by atoms with van der Waals surface area (Å²) < 4.78 is 5.49. The Kier molecular flexibility index (Phi) is 5.75. The lowest BCUT2D eigenvalue weighted by atomic mass is 10.1. The highest BCUT2D eigenvalue weighted by Gasteiger charge is 2.17. The molecule has 1 atom stereocenters. The Balaban J connectivity index is 1.87. The minimum atomic E-state index is -0.147. The third-order valence-corrected chi connectivity index (χ3v) is 4.55. The Morgan fingerprint density at radius 3 is 2.77 bits per heavy atom. The second-order valence-corrected chi connectivity index (χ2v) is 8.66. The highest BCUT2D eigenvalue weighted by atomic mass is 32.2. The van der Waals surface area contributed by atoms with Gasteiger partial charge < -0.3 is 15.4 Å². The number of urea groups is 1. The summed E-state index contributed by atoms with van der Waals surface area (Å²) in [5.41, 5.74) is 1.94. The van der Waals surface area contributed by atoms with Crippen LogP contribution in [0.25, 0.3) is 0 Å². The van der Waals surface area contributed by atoms with Gasteiger partial charge >= 0.3 is 6.03 Å². The zero-order chi connectivity index (χ0) is 16.2. The molecule has 0 saturated carbocycles. The van der Waals surface area contributed by atoms with Crippen LogP contribution in [-0.4, -0.2) is 30.5 Å². The topological polar surface area (TPSA) is 50.4 Å². The maximum absolute atomic E-state index is 12.0. The van der Waals surface area contributed by atoms with E-state index in [-0.39, 0.29) is 10.8 Å². The van der Waals surface area contributed by atoms with Crippen LogP contribution in [0, 0.1) is 12.8 Å². The number of carbonyl (C=O) groups is 1. The van der Waals surface area contributed by atoms with Gasteiger partial charge in [0.15, 0.2) is 0 Å². The largest absolute Gasteiger partial charge is 0.381 e. The molecule has 2 rings (SSSR count). The molecule has 0 radical (unpaired) electrons. The molecule has 0 aromatic heterocycles. The molecule has 2 N–H and O–H groups in total. The smallest absolute Gasteiger partial charge is 0.319 e. The number of benzene rings is 1. The number of aryl methyl sites for hydroxylation is 1. The molecular formula is C17H26N2O2S. The first-order valence-corrected chi connectivity index (χ1v) is 8.57. The molecule has 0 spiro atoms. The fourth-order valence-electron chi connectivity index (χ4n) is 2.34. The van der Waals surface area contributed by atoms with Crippen LogP contribution in [0.1, 0.15) is 32.8 Å². The van der Waals surface area contributed by atoms with Crippen molar-refractivity contribution in [3.05, 3.63) is 23.8 Å². The fourth-order valence-corrected chi connectivity index (χ4v) is 3.42. The predicted molar refractivity (Wildman–Crippen MR) is 92.7 cm³/mol. The maximum atomic E-state index is 12.0. The lowest BCUT2D eigenvalue weighted by Crippen LogP contribution is -2.33. The molecule has 1 heterocycles. The summed E-state index contributed by atoms with van der Waals surface area (Å²) in [7, 11) is 0. The minimum Gasteiger partial charge on any atom is -0.381 e. The molecule has 1 aliphatic heterocycles. The Hall–Kier alpha value is -1.20. The van der Waals surface area contributed by atoms with E-state index in [1.807, 2.05) is 24.8 Å². The van der Waals surface area contributed by atoms with Gasteiger partial charge in [-0.15, -0.1) is 11.8 Å². The highest BCUT2D eigenvalue weighted by molar-refractivity contribution is 8.00. The average molecular weight is 322 g/mol. The molecule has 0 bridgehead atoms. The molecule has 0 unspecified atom stereocenters. The van der Waals surface area contributed by atoms with E-state index < -0.39 is 0 Å². The first-order chi connectivity index (χ1) is 10.3. The standard InChI is InChI=1S/C17H26N2O2S/c1-12-9-14(22-17(2,3)4)5-6-15(12)19-16(20)18-10-13-7-8-21-11-13/h5-6,9,13H,7-8,10-11H2,1-4H3,(H2,18,19,20)/t13-/m1/s1. The molecule has 4 nitrogen and oxygen atoms in total.